The minimum Gasteiger partial charge on any atom is -0.481 e. The molecule has 0 aromatic heterocycles. The molecule has 1 unspecified atom stereocenters. The van der Waals surface area contributed by atoms with E-state index in [1.165, 1.54) is 257 Å². The fourth-order valence-corrected chi connectivity index (χ4v) is 8.07. The van der Waals surface area contributed by atoms with Crippen LogP contribution in [0.1, 0.15) is 284 Å². The molecule has 0 aromatic rings. The zero-order valence-corrected chi connectivity index (χ0v) is 35.8. The summed E-state index contributed by atoms with van der Waals surface area (Å²) in [6, 6.07) is 0.510. The summed E-state index contributed by atoms with van der Waals surface area (Å²) in [6.45, 7) is 9.35. The normalized spacial score (nSPS) is 12.3. The molecule has 3 heteroatoms. The highest BCUT2D eigenvalue weighted by Crippen LogP contribution is 2.18. The zero-order valence-electron chi connectivity index (χ0n) is 35.8. The van der Waals surface area contributed by atoms with Crippen molar-refractivity contribution in [3.8, 4) is 0 Å². The van der Waals surface area contributed by atoms with E-state index in [1.807, 2.05) is 0 Å². The molecule has 0 aliphatic heterocycles. The SMILES string of the molecule is CCCCCCCCCCCCCCCCCCCCCN(CCCCCCCCCCCCCCCCCCCCC)C(C)CCCC(=O)O. The highest BCUT2D eigenvalue weighted by Gasteiger charge is 2.14. The molecule has 0 aliphatic carbocycles. The number of nitrogens with zero attached hydrogens (tertiary/aromatic N) is 1. The summed E-state index contributed by atoms with van der Waals surface area (Å²) in [6.07, 6.45) is 56.4. The van der Waals surface area contributed by atoms with Crippen LogP contribution in [0.4, 0.5) is 0 Å². The minimum absolute atomic E-state index is 0.316. The van der Waals surface area contributed by atoms with Crippen LogP contribution in [-0.4, -0.2) is 35.1 Å². The van der Waals surface area contributed by atoms with E-state index < -0.39 is 5.97 Å². The van der Waals surface area contributed by atoms with Gasteiger partial charge in [-0.05, 0) is 45.7 Å². The molecule has 1 atom stereocenters. The Hall–Kier alpha value is -0.570. The molecule has 3 nitrogen and oxygen atoms in total. The molecule has 51 heavy (non-hydrogen) atoms. The van der Waals surface area contributed by atoms with E-state index in [2.05, 4.69) is 25.7 Å². The van der Waals surface area contributed by atoms with E-state index in [1.54, 1.807) is 0 Å². The summed E-state index contributed by atoms with van der Waals surface area (Å²) in [7, 11) is 0. The summed E-state index contributed by atoms with van der Waals surface area (Å²) < 4.78 is 0. The Morgan fingerprint density at radius 3 is 0.804 bits per heavy atom. The Balaban J connectivity index is 3.75. The highest BCUT2D eigenvalue weighted by atomic mass is 16.4. The topological polar surface area (TPSA) is 40.5 Å². The molecule has 306 valence electrons. The number of carbonyl (C=O) groups is 1. The van der Waals surface area contributed by atoms with Gasteiger partial charge in [-0.2, -0.15) is 0 Å². The first-order valence-corrected chi connectivity index (χ1v) is 24.1. The Bertz CT molecular complexity index is 609. The lowest BCUT2D eigenvalue weighted by Gasteiger charge is -2.29. The molecule has 0 spiro atoms. The average molecular weight is 720 g/mol. The van der Waals surface area contributed by atoms with Crippen molar-refractivity contribution < 1.29 is 9.90 Å². The van der Waals surface area contributed by atoms with E-state index in [0.29, 0.717) is 12.5 Å². The maximum absolute atomic E-state index is 11.1. The van der Waals surface area contributed by atoms with Crippen LogP contribution >= 0.6 is 0 Å². The fourth-order valence-electron chi connectivity index (χ4n) is 8.07. The summed E-state index contributed by atoms with van der Waals surface area (Å²) in [5.41, 5.74) is 0. The predicted octanol–water partition coefficient (Wildman–Crippen LogP) is 16.8. The monoisotopic (exact) mass is 720 g/mol. The van der Waals surface area contributed by atoms with E-state index in [4.69, 9.17) is 5.11 Å². The first kappa shape index (κ1) is 50.4. The van der Waals surface area contributed by atoms with E-state index in [-0.39, 0.29) is 0 Å². The summed E-state index contributed by atoms with van der Waals surface area (Å²) >= 11 is 0. The minimum atomic E-state index is -0.647. The molecule has 0 saturated carbocycles. The zero-order chi connectivity index (χ0) is 37.1. The Kier molecular flexibility index (Phi) is 43.3. The second kappa shape index (κ2) is 43.8. The van der Waals surface area contributed by atoms with Crippen molar-refractivity contribution in [2.24, 2.45) is 0 Å². The van der Waals surface area contributed by atoms with Gasteiger partial charge in [-0.25, -0.2) is 0 Å². The van der Waals surface area contributed by atoms with Crippen molar-refractivity contribution >= 4 is 5.97 Å². The molecule has 0 rings (SSSR count). The standard InChI is InChI=1S/C48H97NO2/c1-4-6-8-10-12-14-16-18-20-22-24-26-28-30-32-34-36-38-40-45-49(47(3)43-42-44-48(50)51)46-41-39-37-35-33-31-29-27-25-23-21-19-17-15-13-11-9-7-5-2/h47H,4-46H2,1-3H3,(H,50,51). The van der Waals surface area contributed by atoms with Gasteiger partial charge in [0.15, 0.2) is 0 Å². The van der Waals surface area contributed by atoms with Crippen LogP contribution in [0.5, 0.6) is 0 Å². The van der Waals surface area contributed by atoms with Gasteiger partial charge >= 0.3 is 5.97 Å². The maximum atomic E-state index is 11.1. The number of hydrogen-bond donors (Lipinski definition) is 1. The molecule has 1 N–H and O–H groups in total. The number of unbranched alkanes of at least 4 members (excludes halogenated alkanes) is 36. The van der Waals surface area contributed by atoms with E-state index in [0.717, 1.165) is 12.8 Å². The van der Waals surface area contributed by atoms with Crippen molar-refractivity contribution in [1.82, 2.24) is 4.90 Å². The van der Waals surface area contributed by atoms with Gasteiger partial charge in [0.1, 0.15) is 0 Å². The largest absolute Gasteiger partial charge is 0.481 e. The molecule has 0 bridgehead atoms. The second-order valence-corrected chi connectivity index (χ2v) is 16.9. The lowest BCUT2D eigenvalue weighted by atomic mass is 10.0. The van der Waals surface area contributed by atoms with E-state index in [9.17, 15) is 4.79 Å². The summed E-state index contributed by atoms with van der Waals surface area (Å²) in [5, 5.41) is 9.11. The lowest BCUT2D eigenvalue weighted by Crippen LogP contribution is -2.35. The van der Waals surface area contributed by atoms with Crippen LogP contribution in [-0.2, 0) is 4.79 Å². The van der Waals surface area contributed by atoms with Gasteiger partial charge < -0.3 is 10.0 Å². The third-order valence-electron chi connectivity index (χ3n) is 11.7. The Morgan fingerprint density at radius 1 is 0.373 bits per heavy atom. The van der Waals surface area contributed by atoms with Crippen LogP contribution in [0.3, 0.4) is 0 Å². The number of hydrogen-bond acceptors (Lipinski definition) is 2. The van der Waals surface area contributed by atoms with Crippen LogP contribution < -0.4 is 0 Å². The van der Waals surface area contributed by atoms with Gasteiger partial charge in [0.25, 0.3) is 0 Å². The molecule has 0 saturated heterocycles. The molecule has 0 radical (unpaired) electrons. The summed E-state index contributed by atoms with van der Waals surface area (Å²) in [4.78, 5) is 13.8. The second-order valence-electron chi connectivity index (χ2n) is 16.9. The van der Waals surface area contributed by atoms with Gasteiger partial charge in [0, 0.05) is 12.5 Å². The number of carboxylic acid groups (broad SMARTS) is 1. The van der Waals surface area contributed by atoms with Gasteiger partial charge in [0.2, 0.25) is 0 Å². The number of rotatable bonds is 45. The van der Waals surface area contributed by atoms with Crippen LogP contribution in [0.2, 0.25) is 0 Å². The van der Waals surface area contributed by atoms with Crippen molar-refractivity contribution in [1.29, 1.82) is 0 Å². The number of aliphatic carboxylic acids is 1. The third-order valence-corrected chi connectivity index (χ3v) is 11.7. The summed E-state index contributed by atoms with van der Waals surface area (Å²) in [5.74, 6) is -0.647. The van der Waals surface area contributed by atoms with Gasteiger partial charge in [-0.3, -0.25) is 4.79 Å². The fraction of sp³-hybridized carbons (Fsp3) is 0.979. The molecule has 0 amide bonds. The molecule has 0 heterocycles. The van der Waals surface area contributed by atoms with Gasteiger partial charge in [-0.1, -0.05) is 245 Å². The number of carboxylic acids is 1. The first-order chi connectivity index (χ1) is 25.1. The third kappa shape index (κ3) is 42.0. The van der Waals surface area contributed by atoms with Crippen molar-refractivity contribution in [2.45, 2.75) is 290 Å². The quantitative estimate of drug-likeness (QED) is 0.0637. The molecule has 0 aliphatic rings. The smallest absolute Gasteiger partial charge is 0.303 e. The van der Waals surface area contributed by atoms with Crippen LogP contribution in [0, 0.1) is 0 Å². The first-order valence-electron chi connectivity index (χ1n) is 24.1. The van der Waals surface area contributed by atoms with Crippen LogP contribution in [0.15, 0.2) is 0 Å². The average Bonchev–Trinajstić information content (AvgIpc) is 3.12. The molecular formula is C48H97NO2. The molecule has 0 aromatic carbocycles. The Morgan fingerprint density at radius 2 is 0.588 bits per heavy atom. The van der Waals surface area contributed by atoms with Crippen LogP contribution in [0.25, 0.3) is 0 Å². The van der Waals surface area contributed by atoms with Crippen molar-refractivity contribution in [2.75, 3.05) is 13.1 Å². The Labute approximate surface area is 323 Å². The van der Waals surface area contributed by atoms with Gasteiger partial charge in [-0.15, -0.1) is 0 Å². The molecular weight excluding hydrogens is 623 g/mol. The van der Waals surface area contributed by atoms with E-state index >= 15 is 0 Å². The van der Waals surface area contributed by atoms with Crippen molar-refractivity contribution in [3.63, 3.8) is 0 Å². The highest BCUT2D eigenvalue weighted by molar-refractivity contribution is 5.66. The molecule has 0 fully saturated rings. The van der Waals surface area contributed by atoms with Crippen molar-refractivity contribution in [3.05, 3.63) is 0 Å². The predicted molar refractivity (Wildman–Crippen MR) is 229 cm³/mol. The lowest BCUT2D eigenvalue weighted by molar-refractivity contribution is -0.137. The maximum Gasteiger partial charge on any atom is 0.303 e. The van der Waals surface area contributed by atoms with Gasteiger partial charge in [0.05, 0.1) is 0 Å².